The van der Waals surface area contributed by atoms with Crippen molar-refractivity contribution in [3.05, 3.63) is 54.6 Å². The summed E-state index contributed by atoms with van der Waals surface area (Å²) in [7, 11) is 0. The van der Waals surface area contributed by atoms with E-state index in [0.29, 0.717) is 6.54 Å². The second-order valence-corrected chi connectivity index (χ2v) is 6.95. The Morgan fingerprint density at radius 2 is 1.67 bits per heavy atom. The van der Waals surface area contributed by atoms with Crippen molar-refractivity contribution in [2.75, 3.05) is 49.5 Å². The summed E-state index contributed by atoms with van der Waals surface area (Å²) in [6.07, 6.45) is -3.96. The number of alkyl halides is 3. The molecule has 0 atom stereocenters. The fourth-order valence-electron chi connectivity index (χ4n) is 3.32. The first-order chi connectivity index (χ1) is 14.4. The molecule has 2 aromatic carbocycles. The molecule has 1 aliphatic heterocycles. The molecule has 3 N–H and O–H groups in total. The number of nitrogens with one attached hydrogen (secondary N) is 1. The van der Waals surface area contributed by atoms with Gasteiger partial charge in [-0.15, -0.1) is 13.2 Å². The van der Waals surface area contributed by atoms with E-state index in [9.17, 15) is 13.2 Å². The molecular weight excluding hydrogens is 395 g/mol. The predicted octanol–water partition coefficient (Wildman–Crippen LogP) is 3.52. The molecule has 0 spiro atoms. The van der Waals surface area contributed by atoms with Crippen LogP contribution in [-0.2, 0) is 0 Å². The molecule has 30 heavy (non-hydrogen) atoms. The van der Waals surface area contributed by atoms with Gasteiger partial charge >= 0.3 is 6.36 Å². The second kappa shape index (κ2) is 10.2. The van der Waals surface area contributed by atoms with Crippen molar-refractivity contribution in [3.8, 4) is 5.75 Å². The Labute approximate surface area is 174 Å². The third kappa shape index (κ3) is 6.84. The van der Waals surface area contributed by atoms with Crippen molar-refractivity contribution >= 4 is 17.3 Å². The number of halogens is 3. The lowest BCUT2D eigenvalue weighted by Gasteiger charge is -2.36. The summed E-state index contributed by atoms with van der Waals surface area (Å²) in [5.74, 6) is -0.290. The molecule has 1 saturated heterocycles. The van der Waals surface area contributed by atoms with E-state index in [4.69, 9.17) is 5.73 Å². The summed E-state index contributed by atoms with van der Waals surface area (Å²) in [6.45, 7) is 5.30. The lowest BCUT2D eigenvalue weighted by atomic mass is 10.2. The van der Waals surface area contributed by atoms with Gasteiger partial charge < -0.3 is 20.7 Å². The number of nitrogens with two attached hydrogens (primary N) is 1. The van der Waals surface area contributed by atoms with Crippen LogP contribution in [0.2, 0.25) is 0 Å². The van der Waals surface area contributed by atoms with E-state index >= 15 is 0 Å². The summed E-state index contributed by atoms with van der Waals surface area (Å²) < 4.78 is 41.5. The Kier molecular flexibility index (Phi) is 7.40. The van der Waals surface area contributed by atoms with Crippen molar-refractivity contribution in [1.29, 1.82) is 0 Å². The standard InChI is InChI=1S/C21H26F3N5O/c22-21(23,24)30-19-10-5-4-9-18(19)27-20(25)26-11-6-12-28-13-15-29(16-14-28)17-7-2-1-3-8-17/h1-5,7-10H,6,11-16H2,(H3,25,26,27). The zero-order valence-electron chi connectivity index (χ0n) is 16.6. The average molecular weight is 421 g/mol. The van der Waals surface area contributed by atoms with Crippen molar-refractivity contribution in [1.82, 2.24) is 4.90 Å². The summed E-state index contributed by atoms with van der Waals surface area (Å²) in [4.78, 5) is 8.97. The van der Waals surface area contributed by atoms with Crippen LogP contribution < -0.4 is 20.7 Å². The van der Waals surface area contributed by atoms with Gasteiger partial charge in [-0.3, -0.25) is 9.89 Å². The van der Waals surface area contributed by atoms with E-state index in [-0.39, 0.29) is 17.4 Å². The molecule has 0 radical (unpaired) electrons. The number of benzene rings is 2. The molecular formula is C21H26F3N5O. The third-order valence-electron chi connectivity index (χ3n) is 4.78. The van der Waals surface area contributed by atoms with Gasteiger partial charge in [0.1, 0.15) is 0 Å². The zero-order chi connectivity index (χ0) is 21.4. The smallest absolute Gasteiger partial charge is 0.404 e. The van der Waals surface area contributed by atoms with Crippen LogP contribution in [0.15, 0.2) is 59.6 Å². The summed E-state index contributed by atoms with van der Waals surface area (Å²) in [5, 5.41) is 2.68. The number of hydrogen-bond donors (Lipinski definition) is 2. The summed E-state index contributed by atoms with van der Waals surface area (Å²) in [5.41, 5.74) is 7.19. The van der Waals surface area contributed by atoms with Crippen LogP contribution in [0.5, 0.6) is 5.75 Å². The highest BCUT2D eigenvalue weighted by molar-refractivity contribution is 5.93. The molecule has 0 amide bonds. The molecule has 0 aliphatic carbocycles. The lowest BCUT2D eigenvalue weighted by molar-refractivity contribution is -0.274. The second-order valence-electron chi connectivity index (χ2n) is 6.95. The largest absolute Gasteiger partial charge is 0.573 e. The van der Waals surface area contributed by atoms with Crippen LogP contribution in [0, 0.1) is 0 Å². The van der Waals surface area contributed by atoms with E-state index in [2.05, 4.69) is 37.0 Å². The molecule has 1 aliphatic rings. The highest BCUT2D eigenvalue weighted by atomic mass is 19.4. The number of nitrogens with zero attached hydrogens (tertiary/aromatic N) is 3. The SMILES string of the molecule is NC(=NCCCN1CCN(c2ccccc2)CC1)Nc1ccccc1OC(F)(F)F. The Hall–Kier alpha value is -2.94. The Balaban J connectivity index is 1.40. The van der Waals surface area contributed by atoms with Gasteiger partial charge in [-0.25, -0.2) is 0 Å². The third-order valence-corrected chi connectivity index (χ3v) is 4.78. The summed E-state index contributed by atoms with van der Waals surface area (Å²) >= 11 is 0. The van der Waals surface area contributed by atoms with Crippen LogP contribution in [-0.4, -0.2) is 56.5 Å². The first-order valence-corrected chi connectivity index (χ1v) is 9.85. The van der Waals surface area contributed by atoms with Crippen LogP contribution in [0.3, 0.4) is 0 Å². The van der Waals surface area contributed by atoms with E-state index < -0.39 is 6.36 Å². The Morgan fingerprint density at radius 3 is 2.37 bits per heavy atom. The first kappa shape index (κ1) is 21.8. The number of ether oxygens (including phenoxy) is 1. The topological polar surface area (TPSA) is 66.1 Å². The van der Waals surface area contributed by atoms with Crippen molar-refractivity contribution < 1.29 is 17.9 Å². The fraction of sp³-hybridized carbons (Fsp3) is 0.381. The maximum absolute atomic E-state index is 12.5. The van der Waals surface area contributed by atoms with Gasteiger partial charge in [0.2, 0.25) is 0 Å². The highest BCUT2D eigenvalue weighted by Crippen LogP contribution is 2.29. The van der Waals surface area contributed by atoms with Crippen molar-refractivity contribution in [3.63, 3.8) is 0 Å². The minimum Gasteiger partial charge on any atom is -0.404 e. The molecule has 0 bridgehead atoms. The maximum Gasteiger partial charge on any atom is 0.573 e. The molecule has 1 fully saturated rings. The molecule has 3 rings (SSSR count). The first-order valence-electron chi connectivity index (χ1n) is 9.85. The molecule has 162 valence electrons. The van der Waals surface area contributed by atoms with Gasteiger partial charge in [0.25, 0.3) is 0 Å². The number of anilines is 2. The van der Waals surface area contributed by atoms with Gasteiger partial charge in [-0.2, -0.15) is 0 Å². The average Bonchev–Trinajstić information content (AvgIpc) is 2.73. The molecule has 0 aromatic heterocycles. The maximum atomic E-state index is 12.5. The normalized spacial score (nSPS) is 15.8. The molecule has 1 heterocycles. The molecule has 6 nitrogen and oxygen atoms in total. The fourth-order valence-corrected chi connectivity index (χ4v) is 3.32. The summed E-state index contributed by atoms with van der Waals surface area (Å²) in [6, 6.07) is 16.1. The van der Waals surface area contributed by atoms with Gasteiger partial charge in [0.05, 0.1) is 5.69 Å². The zero-order valence-corrected chi connectivity index (χ0v) is 16.6. The predicted molar refractivity (Wildman–Crippen MR) is 113 cm³/mol. The minimum absolute atomic E-state index is 0.0575. The van der Waals surface area contributed by atoms with Gasteiger partial charge in [0, 0.05) is 45.0 Å². The number of aliphatic imine (C=N–C) groups is 1. The van der Waals surface area contributed by atoms with Gasteiger partial charge in [-0.05, 0) is 30.7 Å². The minimum atomic E-state index is -4.77. The van der Waals surface area contributed by atoms with Crippen molar-refractivity contribution in [2.24, 2.45) is 10.7 Å². The number of hydrogen-bond acceptors (Lipinski definition) is 4. The Bertz CT molecular complexity index is 821. The van der Waals surface area contributed by atoms with Gasteiger partial charge in [0.15, 0.2) is 11.7 Å². The van der Waals surface area contributed by atoms with Crippen LogP contribution in [0.1, 0.15) is 6.42 Å². The quantitative estimate of drug-likeness (QED) is 0.407. The number of piperazine rings is 1. The molecule has 2 aromatic rings. The van der Waals surface area contributed by atoms with E-state index in [1.54, 1.807) is 6.07 Å². The molecule has 0 saturated carbocycles. The number of para-hydroxylation sites is 3. The van der Waals surface area contributed by atoms with Crippen LogP contribution >= 0.6 is 0 Å². The number of rotatable bonds is 7. The van der Waals surface area contributed by atoms with Gasteiger partial charge in [-0.1, -0.05) is 30.3 Å². The lowest BCUT2D eigenvalue weighted by Crippen LogP contribution is -2.46. The van der Waals surface area contributed by atoms with Crippen LogP contribution in [0.25, 0.3) is 0 Å². The monoisotopic (exact) mass is 421 g/mol. The van der Waals surface area contributed by atoms with E-state index in [1.807, 2.05) is 18.2 Å². The molecule has 9 heteroatoms. The number of guanidine groups is 1. The van der Waals surface area contributed by atoms with Crippen LogP contribution in [0.4, 0.5) is 24.5 Å². The Morgan fingerprint density at radius 1 is 1.00 bits per heavy atom. The molecule has 0 unspecified atom stereocenters. The van der Waals surface area contributed by atoms with Crippen molar-refractivity contribution in [2.45, 2.75) is 12.8 Å². The highest BCUT2D eigenvalue weighted by Gasteiger charge is 2.32. The van der Waals surface area contributed by atoms with E-state index in [1.165, 1.54) is 23.9 Å². The van der Waals surface area contributed by atoms with E-state index in [0.717, 1.165) is 39.1 Å².